The third kappa shape index (κ3) is 19.4. The van der Waals surface area contributed by atoms with E-state index in [4.69, 9.17) is 0 Å². The van der Waals surface area contributed by atoms with Crippen LogP contribution in [0.1, 0.15) is 174 Å². The molecular formula is C100H96Fe4+8. The molecule has 0 aromatic rings. The molecule has 0 aliphatic heterocycles. The molecular weight excluding hydrogens is 1420 g/mol. The van der Waals surface area contributed by atoms with E-state index in [2.05, 4.69) is 307 Å². The van der Waals surface area contributed by atoms with E-state index in [9.17, 15) is 0 Å². The first-order valence-electron chi connectivity index (χ1n) is 36.0. The van der Waals surface area contributed by atoms with Crippen molar-refractivity contribution in [3.05, 3.63) is 443 Å². The van der Waals surface area contributed by atoms with Crippen LogP contribution < -0.4 is 0 Å². The van der Waals surface area contributed by atoms with Gasteiger partial charge in [0, 0.05) is 23.7 Å². The van der Waals surface area contributed by atoms with E-state index in [1.807, 2.05) is 128 Å². The third-order valence-corrected chi connectivity index (χ3v) is 20.6. The van der Waals surface area contributed by atoms with Gasteiger partial charge in [-0.05, 0) is 388 Å². The molecule has 0 spiro atoms. The summed E-state index contributed by atoms with van der Waals surface area (Å²) in [5.74, 6) is 4.94. The van der Waals surface area contributed by atoms with Crippen LogP contribution in [0.2, 0.25) is 0 Å². The topological polar surface area (TPSA) is 0 Å². The van der Waals surface area contributed by atoms with Crippen LogP contribution in [-0.2, 0) is 89.9 Å². The van der Waals surface area contributed by atoms with E-state index >= 15 is 0 Å². The summed E-state index contributed by atoms with van der Waals surface area (Å²) in [5.41, 5.74) is 26.3. The van der Waals surface area contributed by atoms with Gasteiger partial charge in [-0.2, -0.15) is 0 Å². The summed E-state index contributed by atoms with van der Waals surface area (Å²) in [6, 6.07) is 49.8. The van der Waals surface area contributed by atoms with Gasteiger partial charge in [0.05, 0.1) is 0 Å². The van der Waals surface area contributed by atoms with Crippen molar-refractivity contribution in [2.24, 2.45) is 0 Å². The van der Waals surface area contributed by atoms with Gasteiger partial charge in [-0.25, -0.2) is 0 Å². The second-order valence-electron chi connectivity index (χ2n) is 31.5. The molecule has 0 atom stereocenters. The molecule has 4 heteroatoms. The zero-order valence-electron chi connectivity index (χ0n) is 62.1. The van der Waals surface area contributed by atoms with Gasteiger partial charge in [0.15, 0.2) is 0 Å². The molecule has 104 heavy (non-hydrogen) atoms. The minimum absolute atomic E-state index is 0. The van der Waals surface area contributed by atoms with Crippen molar-refractivity contribution in [1.29, 1.82) is 0 Å². The van der Waals surface area contributed by atoms with Crippen molar-refractivity contribution >= 4 is 0 Å². The summed E-state index contributed by atoms with van der Waals surface area (Å²) < 4.78 is 0. The Bertz CT molecular complexity index is 3110. The Balaban J connectivity index is 0.000000452. The zero-order valence-corrected chi connectivity index (χ0v) is 66.5. The van der Waals surface area contributed by atoms with Crippen LogP contribution in [0.3, 0.4) is 0 Å². The predicted molar refractivity (Wildman–Crippen MR) is 422 cm³/mol. The summed E-state index contributed by atoms with van der Waals surface area (Å²) >= 11 is 0. The number of hydrogen-bond acceptors (Lipinski definition) is 0. The van der Waals surface area contributed by atoms with Crippen LogP contribution in [0.4, 0.5) is 0 Å². The molecule has 0 N–H and O–H groups in total. The summed E-state index contributed by atoms with van der Waals surface area (Å²) in [6.45, 7) is 28.2. The maximum absolute atomic E-state index is 2.65. The molecule has 17 aliphatic rings. The fourth-order valence-electron chi connectivity index (χ4n) is 15.3. The van der Waals surface area contributed by atoms with Crippen molar-refractivity contribution in [2.45, 2.75) is 128 Å². The van der Waals surface area contributed by atoms with E-state index in [1.165, 1.54) is 135 Å². The molecule has 8 fully saturated rings. The maximum atomic E-state index is 2.65. The van der Waals surface area contributed by atoms with Gasteiger partial charge in [0.2, 0.25) is 0 Å². The summed E-state index contributed by atoms with van der Waals surface area (Å²) in [7, 11) is 0. The Morgan fingerprint density at radius 3 is 0.385 bits per heavy atom. The molecule has 0 unspecified atom stereocenters. The largest absolute Gasteiger partial charge is 2.00 e. The van der Waals surface area contributed by atoms with Crippen molar-refractivity contribution in [1.82, 2.24) is 0 Å². The van der Waals surface area contributed by atoms with Gasteiger partial charge in [0.1, 0.15) is 0 Å². The zero-order chi connectivity index (χ0) is 69.8. The van der Waals surface area contributed by atoms with Gasteiger partial charge < -0.3 is 0 Å². The summed E-state index contributed by atoms with van der Waals surface area (Å²) in [5, 5.41) is 0. The third-order valence-electron chi connectivity index (χ3n) is 20.6. The number of hydrogen-bond donors (Lipinski definition) is 0. The van der Waals surface area contributed by atoms with Crippen molar-refractivity contribution in [3.8, 4) is 44.5 Å². The standard InChI is InChI=1S/C80H76.4C5H5.4Fe/c1-77(2,3)53-29-37-57-58(38-30-53)66-45-65(57)73(49-21-13-14-22-49)67-46-69(61-41-33-54(78(4,5)6)31-39-59(61)67)75(51-25-17-18-26-51)71-48-72(64-44-36-56(80(10,11)12)35-43-63(64)71)76(52-27-19-20-28-52)70-47-68(74(66)50-23-15-16-24-50)60-40-32-55(79(7,8)9)34-42-62(60)70;4*1-2-4-5-3-1;;;;/h13-48,73-76H,1-12H3;4*1-5H;;;;/q;;;;;4*+2. The Kier molecular flexibility index (Phi) is 30.8. The first-order chi connectivity index (χ1) is 48.2. The average Bonchev–Trinajstić information content (AvgIpc) is 1.56. The normalized spacial score (nSPS) is 21.7. The molecule has 0 heterocycles. The van der Waals surface area contributed by atoms with Crippen molar-refractivity contribution in [2.75, 3.05) is 0 Å². The van der Waals surface area contributed by atoms with E-state index in [1.54, 1.807) is 0 Å². The number of rotatable bonds is 4. The summed E-state index contributed by atoms with van der Waals surface area (Å²) in [4.78, 5) is 0. The first kappa shape index (κ1) is 84.9. The Morgan fingerprint density at radius 1 is 0.163 bits per heavy atom. The molecule has 520 valence electrons. The van der Waals surface area contributed by atoms with Gasteiger partial charge in [-0.15, -0.1) is 0 Å². The van der Waals surface area contributed by atoms with Crippen molar-refractivity contribution < 1.29 is 68.3 Å². The minimum Gasteiger partial charge on any atom is -0.0579 e. The van der Waals surface area contributed by atoms with Crippen LogP contribution in [0.15, 0.2) is 121 Å². The summed E-state index contributed by atoms with van der Waals surface area (Å²) in [6.07, 6.45) is 77.0. The fourth-order valence-corrected chi connectivity index (χ4v) is 15.3. The molecule has 17 rings (SSSR count). The molecule has 8 bridgehead atoms. The molecule has 0 amide bonds. The van der Waals surface area contributed by atoms with Crippen LogP contribution >= 0.6 is 0 Å². The maximum Gasteiger partial charge on any atom is 2.00 e. The first-order valence-corrected chi connectivity index (χ1v) is 36.0. The van der Waals surface area contributed by atoms with Crippen LogP contribution in [0, 0.1) is 255 Å². The van der Waals surface area contributed by atoms with E-state index < -0.39 is 0 Å². The quantitative estimate of drug-likeness (QED) is 0.154. The van der Waals surface area contributed by atoms with E-state index in [-0.39, 0.29) is 114 Å². The minimum atomic E-state index is -0.0769. The molecule has 0 aromatic heterocycles. The van der Waals surface area contributed by atoms with Crippen LogP contribution in [0.25, 0.3) is 44.5 Å². The fraction of sp³-hybridized carbons (Fsp3) is 0.200. The second-order valence-corrected chi connectivity index (χ2v) is 31.5. The predicted octanol–water partition coefficient (Wildman–Crippen LogP) is 23.8. The monoisotopic (exact) mass is 1520 g/mol. The molecule has 8 saturated carbocycles. The molecule has 17 aliphatic carbocycles. The van der Waals surface area contributed by atoms with Crippen LogP contribution in [-0.4, -0.2) is 0 Å². The van der Waals surface area contributed by atoms with Crippen LogP contribution in [0.5, 0.6) is 0 Å². The van der Waals surface area contributed by atoms with Gasteiger partial charge in [-0.3, -0.25) is 0 Å². The Hall–Kier alpha value is -3.12. The Morgan fingerprint density at radius 2 is 0.279 bits per heavy atom. The molecule has 40 radical (unpaired) electrons. The average molecular weight is 1520 g/mol. The second kappa shape index (κ2) is 37.7. The molecule has 0 aromatic carbocycles. The SMILES string of the molecule is CC(C)(C)c1ccc2c3cc(c-2cc1)C([C]1[CH][CH][CH][CH]1)c1cc(c2ccc(C(C)(C)C)ccc1-2)C([C]1[CH][CH][CH][CH]1)c1cc(c2ccc(C(C)(C)C)ccc1-2)C([C]1[CH][CH][CH][CH]1)c1cc(c2ccc(C(C)(C)C)ccc1-2)C3[C]1[CH][CH][CH][CH]1.[CH]1[CH][CH][CH][CH]1.[CH]1[CH][CH][CH][CH]1.[CH]1[CH][CH][CH][CH]1.[CH]1[CH][CH][CH][CH]1.[Fe+2].[Fe+2].[Fe+2].[Fe+2]. The Labute approximate surface area is 678 Å². The van der Waals surface area contributed by atoms with E-state index in [0.717, 1.165) is 0 Å². The molecule has 0 nitrogen and oxygen atoms in total. The smallest absolute Gasteiger partial charge is 0.0579 e. The van der Waals surface area contributed by atoms with Crippen molar-refractivity contribution in [3.63, 3.8) is 0 Å². The molecule has 0 saturated heterocycles. The van der Waals surface area contributed by atoms with Gasteiger partial charge >= 0.3 is 68.3 Å². The van der Waals surface area contributed by atoms with Gasteiger partial charge in [-0.1, -0.05) is 204 Å². The van der Waals surface area contributed by atoms with Gasteiger partial charge in [0.25, 0.3) is 0 Å². The van der Waals surface area contributed by atoms with E-state index in [0.29, 0.717) is 0 Å².